The number of nitrogens with one attached hydrogen (secondary N) is 3. The monoisotopic (exact) mass is 466 g/mol. The summed E-state index contributed by atoms with van der Waals surface area (Å²) in [5.74, 6) is 1.58. The highest BCUT2D eigenvalue weighted by Crippen LogP contribution is 2.30. The third-order valence-corrected chi connectivity index (χ3v) is 6.31. The molecule has 1 saturated heterocycles. The van der Waals surface area contributed by atoms with Gasteiger partial charge in [0, 0.05) is 35.8 Å². The van der Waals surface area contributed by atoms with Gasteiger partial charge < -0.3 is 16.0 Å². The molecule has 4 aromatic rings. The van der Waals surface area contributed by atoms with E-state index < -0.39 is 0 Å². The van der Waals surface area contributed by atoms with Crippen LogP contribution in [0.4, 0.5) is 11.6 Å². The quantitative estimate of drug-likeness (QED) is 0.379. The molecule has 1 aliphatic carbocycles. The lowest BCUT2D eigenvalue weighted by Crippen LogP contribution is -2.14. The summed E-state index contributed by atoms with van der Waals surface area (Å²) in [5.41, 5.74) is 5.15. The van der Waals surface area contributed by atoms with Crippen LogP contribution in [0.25, 0.3) is 17.4 Å². The molecule has 3 N–H and O–H groups in total. The van der Waals surface area contributed by atoms with Gasteiger partial charge in [-0.2, -0.15) is 14.7 Å². The SMILES string of the molecule is C=C1NC(=O)C/C1=C\c1cnn2c(NC3CC3)cc(NC(C)c3ccccc3-n3cccn3)nc12. The number of allylic oxidation sites excluding steroid dienone is 1. The maximum absolute atomic E-state index is 11.8. The number of carbonyl (C=O) groups is 1. The number of benzene rings is 1. The van der Waals surface area contributed by atoms with Crippen LogP contribution >= 0.6 is 0 Å². The minimum atomic E-state index is -0.0474. The molecule has 3 aromatic heterocycles. The van der Waals surface area contributed by atoms with E-state index in [0.717, 1.165) is 46.9 Å². The van der Waals surface area contributed by atoms with Crippen molar-refractivity contribution in [2.75, 3.05) is 10.6 Å². The Kier molecular flexibility index (Phi) is 5.09. The van der Waals surface area contributed by atoms with E-state index in [1.165, 1.54) is 0 Å². The van der Waals surface area contributed by atoms with Crippen LogP contribution in [0.3, 0.4) is 0 Å². The number of rotatable bonds is 7. The van der Waals surface area contributed by atoms with Crippen molar-refractivity contribution in [3.8, 4) is 5.69 Å². The van der Waals surface area contributed by atoms with E-state index in [-0.39, 0.29) is 11.9 Å². The van der Waals surface area contributed by atoms with E-state index in [9.17, 15) is 4.79 Å². The number of aromatic nitrogens is 5. The molecule has 2 fully saturated rings. The number of anilines is 2. The molecule has 176 valence electrons. The summed E-state index contributed by atoms with van der Waals surface area (Å²) >= 11 is 0. The third kappa shape index (κ3) is 4.16. The van der Waals surface area contributed by atoms with Crippen molar-refractivity contribution in [3.05, 3.63) is 84.0 Å². The second-order valence-electron chi connectivity index (χ2n) is 9.03. The predicted octanol–water partition coefficient (Wildman–Crippen LogP) is 4.08. The van der Waals surface area contributed by atoms with Crippen LogP contribution in [0, 0.1) is 0 Å². The smallest absolute Gasteiger partial charge is 0.228 e. The molecule has 2 aliphatic rings. The molecule has 0 bridgehead atoms. The van der Waals surface area contributed by atoms with Gasteiger partial charge in [0.2, 0.25) is 5.91 Å². The zero-order valence-corrected chi connectivity index (χ0v) is 19.4. The van der Waals surface area contributed by atoms with E-state index in [4.69, 9.17) is 4.98 Å². The fraction of sp³-hybridized carbons (Fsp3) is 0.231. The van der Waals surface area contributed by atoms with Gasteiger partial charge in [-0.05, 0) is 49.1 Å². The first-order valence-electron chi connectivity index (χ1n) is 11.8. The average Bonchev–Trinajstić information content (AvgIpc) is 3.20. The lowest BCUT2D eigenvalue weighted by molar-refractivity contribution is -0.118. The predicted molar refractivity (Wildman–Crippen MR) is 135 cm³/mol. The van der Waals surface area contributed by atoms with Gasteiger partial charge >= 0.3 is 0 Å². The number of hydrogen-bond acceptors (Lipinski definition) is 6. The normalized spacial score (nSPS) is 17.7. The Balaban J connectivity index is 1.38. The summed E-state index contributed by atoms with van der Waals surface area (Å²) in [4.78, 5) is 16.7. The molecule has 1 amide bonds. The average molecular weight is 467 g/mol. The van der Waals surface area contributed by atoms with E-state index in [1.54, 1.807) is 12.4 Å². The molecule has 1 unspecified atom stereocenters. The van der Waals surface area contributed by atoms with Gasteiger partial charge in [-0.25, -0.2) is 9.67 Å². The highest BCUT2D eigenvalue weighted by atomic mass is 16.1. The third-order valence-electron chi connectivity index (χ3n) is 6.31. The Morgan fingerprint density at radius 2 is 2.09 bits per heavy atom. The molecule has 0 spiro atoms. The van der Waals surface area contributed by atoms with Gasteiger partial charge in [-0.3, -0.25) is 4.79 Å². The molecule has 6 rings (SSSR count). The molecular formula is C26H26N8O. The highest BCUT2D eigenvalue weighted by molar-refractivity contribution is 5.89. The van der Waals surface area contributed by atoms with E-state index in [2.05, 4.69) is 51.8 Å². The van der Waals surface area contributed by atoms with Gasteiger partial charge in [0.1, 0.15) is 11.6 Å². The number of para-hydroxylation sites is 1. The van der Waals surface area contributed by atoms with Crippen LogP contribution in [-0.2, 0) is 4.79 Å². The Morgan fingerprint density at radius 1 is 1.23 bits per heavy atom. The molecule has 1 aromatic carbocycles. The largest absolute Gasteiger partial charge is 0.367 e. The molecule has 0 radical (unpaired) electrons. The Bertz CT molecular complexity index is 1460. The van der Waals surface area contributed by atoms with Crippen molar-refractivity contribution >= 4 is 29.3 Å². The minimum absolute atomic E-state index is 0.0275. The summed E-state index contributed by atoms with van der Waals surface area (Å²) in [5, 5.41) is 18.9. The lowest BCUT2D eigenvalue weighted by Gasteiger charge is -2.19. The molecule has 1 saturated carbocycles. The maximum atomic E-state index is 11.8. The van der Waals surface area contributed by atoms with E-state index in [1.807, 2.05) is 45.7 Å². The highest BCUT2D eigenvalue weighted by Gasteiger charge is 2.24. The van der Waals surface area contributed by atoms with Gasteiger partial charge in [0.05, 0.1) is 24.3 Å². The molecular weight excluding hydrogens is 440 g/mol. The summed E-state index contributed by atoms with van der Waals surface area (Å²) in [7, 11) is 0. The summed E-state index contributed by atoms with van der Waals surface area (Å²) < 4.78 is 3.69. The van der Waals surface area contributed by atoms with Gasteiger partial charge in [0.25, 0.3) is 0 Å². The molecule has 1 atom stereocenters. The summed E-state index contributed by atoms with van der Waals surface area (Å²) in [6.07, 6.45) is 10.0. The minimum Gasteiger partial charge on any atom is -0.367 e. The van der Waals surface area contributed by atoms with Crippen LogP contribution in [-0.4, -0.2) is 36.3 Å². The number of carbonyl (C=O) groups excluding carboxylic acids is 1. The van der Waals surface area contributed by atoms with E-state index in [0.29, 0.717) is 23.8 Å². The van der Waals surface area contributed by atoms with Gasteiger partial charge in [0.15, 0.2) is 5.65 Å². The van der Waals surface area contributed by atoms with Crippen molar-refractivity contribution in [1.82, 2.24) is 29.7 Å². The molecule has 1 aliphatic heterocycles. The number of nitrogens with zero attached hydrogens (tertiary/aromatic N) is 5. The lowest BCUT2D eigenvalue weighted by atomic mass is 10.1. The first-order valence-corrected chi connectivity index (χ1v) is 11.8. The van der Waals surface area contributed by atoms with Crippen LogP contribution in [0.5, 0.6) is 0 Å². The summed E-state index contributed by atoms with van der Waals surface area (Å²) in [6, 6.07) is 12.5. The van der Waals surface area contributed by atoms with Gasteiger partial charge in [-0.15, -0.1) is 0 Å². The van der Waals surface area contributed by atoms with Crippen molar-refractivity contribution < 1.29 is 4.79 Å². The van der Waals surface area contributed by atoms with Crippen molar-refractivity contribution in [2.45, 2.75) is 38.3 Å². The fourth-order valence-corrected chi connectivity index (χ4v) is 4.37. The van der Waals surface area contributed by atoms with Crippen molar-refractivity contribution in [2.24, 2.45) is 0 Å². The molecule has 9 heteroatoms. The van der Waals surface area contributed by atoms with Crippen LogP contribution < -0.4 is 16.0 Å². The summed E-state index contributed by atoms with van der Waals surface area (Å²) in [6.45, 7) is 6.06. The number of fused-ring (bicyclic) bond motifs is 1. The van der Waals surface area contributed by atoms with Gasteiger partial charge in [-0.1, -0.05) is 24.8 Å². The zero-order valence-electron chi connectivity index (χ0n) is 19.4. The molecule has 4 heterocycles. The Morgan fingerprint density at radius 3 is 2.83 bits per heavy atom. The Hall–Kier alpha value is -4.40. The number of amides is 1. The maximum Gasteiger partial charge on any atom is 0.228 e. The zero-order chi connectivity index (χ0) is 23.9. The molecule has 9 nitrogen and oxygen atoms in total. The second kappa shape index (κ2) is 8.43. The van der Waals surface area contributed by atoms with Crippen molar-refractivity contribution in [1.29, 1.82) is 0 Å². The fourth-order valence-electron chi connectivity index (χ4n) is 4.37. The van der Waals surface area contributed by atoms with E-state index >= 15 is 0 Å². The number of hydrogen-bond donors (Lipinski definition) is 3. The topological polar surface area (TPSA) is 101 Å². The van der Waals surface area contributed by atoms with Crippen LogP contribution in [0.1, 0.15) is 43.4 Å². The second-order valence-corrected chi connectivity index (χ2v) is 9.03. The first-order chi connectivity index (χ1) is 17.0. The van der Waals surface area contributed by atoms with Crippen molar-refractivity contribution in [3.63, 3.8) is 0 Å². The standard InChI is InChI=1S/C26H26N8O/c1-16-18(13-25(35)30-16)12-19-15-28-34-24(31-20-8-9-20)14-23(32-26(19)34)29-17(2)21-6-3-4-7-22(21)33-11-5-10-27-33/h3-7,10-12,14-15,17,20,31H,1,8-9,13H2,2H3,(H,29,32)(H,30,35)/b18-12+. The first kappa shape index (κ1) is 21.2. The Labute approximate surface area is 202 Å². The molecule has 35 heavy (non-hydrogen) atoms. The van der Waals surface area contributed by atoms with Crippen LogP contribution in [0.2, 0.25) is 0 Å². The van der Waals surface area contributed by atoms with Crippen LogP contribution in [0.15, 0.2) is 72.8 Å².